The van der Waals surface area contributed by atoms with Crippen molar-refractivity contribution in [2.45, 2.75) is 52.9 Å². The molecule has 4 nitrogen and oxygen atoms in total. The molecule has 0 spiro atoms. The second-order valence-electron chi connectivity index (χ2n) is 5.63. The zero-order chi connectivity index (χ0) is 14.6. The molecule has 0 unspecified atom stereocenters. The van der Waals surface area contributed by atoms with Gasteiger partial charge in [0.15, 0.2) is 5.96 Å². The van der Waals surface area contributed by atoms with Crippen molar-refractivity contribution < 1.29 is 0 Å². The van der Waals surface area contributed by atoms with Gasteiger partial charge in [0.05, 0.1) is 0 Å². The Labute approximate surface area is 125 Å². The first-order chi connectivity index (χ1) is 9.81. The van der Waals surface area contributed by atoms with Crippen molar-refractivity contribution in [2.24, 2.45) is 4.99 Å². The van der Waals surface area contributed by atoms with Crippen LogP contribution in [0.3, 0.4) is 0 Å². The topological polar surface area (TPSA) is 30.9 Å². The van der Waals surface area contributed by atoms with Gasteiger partial charge in [0.25, 0.3) is 0 Å². The third kappa shape index (κ3) is 6.60. The summed E-state index contributed by atoms with van der Waals surface area (Å²) in [6.45, 7) is 14.6. The minimum atomic E-state index is 0.947. The smallest absolute Gasteiger partial charge is 0.193 e. The van der Waals surface area contributed by atoms with Gasteiger partial charge in [-0.15, -0.1) is 0 Å². The Kier molecular flexibility index (Phi) is 9.46. The van der Waals surface area contributed by atoms with Gasteiger partial charge in [0.1, 0.15) is 0 Å². The van der Waals surface area contributed by atoms with Crippen LogP contribution in [0.5, 0.6) is 0 Å². The molecule has 1 heterocycles. The Morgan fingerprint density at radius 1 is 1.05 bits per heavy atom. The van der Waals surface area contributed by atoms with Crippen molar-refractivity contribution in [3.63, 3.8) is 0 Å². The summed E-state index contributed by atoms with van der Waals surface area (Å²) in [5, 5.41) is 3.43. The van der Waals surface area contributed by atoms with Crippen LogP contribution in [-0.4, -0.2) is 61.6 Å². The van der Waals surface area contributed by atoms with E-state index in [0.717, 1.165) is 19.0 Å². The zero-order valence-electron chi connectivity index (χ0n) is 13.8. The fourth-order valence-corrected chi connectivity index (χ4v) is 2.80. The average Bonchev–Trinajstić information content (AvgIpc) is 2.96. The first kappa shape index (κ1) is 17.3. The van der Waals surface area contributed by atoms with Crippen molar-refractivity contribution >= 4 is 5.96 Å². The van der Waals surface area contributed by atoms with Crippen molar-refractivity contribution in [2.75, 3.05) is 45.8 Å². The van der Waals surface area contributed by atoms with Crippen LogP contribution < -0.4 is 5.32 Å². The first-order valence-corrected chi connectivity index (χ1v) is 8.57. The third-order valence-corrected chi connectivity index (χ3v) is 3.71. The molecule has 0 aliphatic carbocycles. The predicted octanol–water partition coefficient (Wildman–Crippen LogP) is 2.56. The van der Waals surface area contributed by atoms with E-state index in [-0.39, 0.29) is 0 Å². The van der Waals surface area contributed by atoms with Gasteiger partial charge in [0, 0.05) is 26.2 Å². The van der Waals surface area contributed by atoms with E-state index in [9.17, 15) is 0 Å². The Morgan fingerprint density at radius 2 is 1.70 bits per heavy atom. The van der Waals surface area contributed by atoms with Gasteiger partial charge in [-0.1, -0.05) is 13.8 Å². The molecule has 0 radical (unpaired) electrons. The number of guanidine groups is 1. The lowest BCUT2D eigenvalue weighted by molar-refractivity contribution is 0.273. The Balaban J connectivity index is 2.31. The van der Waals surface area contributed by atoms with E-state index in [2.05, 4.69) is 35.9 Å². The lowest BCUT2D eigenvalue weighted by Crippen LogP contribution is -2.39. The Hall–Kier alpha value is -0.770. The summed E-state index contributed by atoms with van der Waals surface area (Å²) in [5.74, 6) is 1.13. The number of rotatable bonds is 9. The number of nitrogens with zero attached hydrogens (tertiary/aromatic N) is 3. The van der Waals surface area contributed by atoms with Gasteiger partial charge in [-0.2, -0.15) is 0 Å². The maximum absolute atomic E-state index is 4.79. The van der Waals surface area contributed by atoms with Crippen LogP contribution >= 0.6 is 0 Å². The molecule has 0 amide bonds. The van der Waals surface area contributed by atoms with E-state index >= 15 is 0 Å². The van der Waals surface area contributed by atoms with E-state index in [1.807, 2.05) is 0 Å². The van der Waals surface area contributed by atoms with E-state index in [1.165, 1.54) is 64.8 Å². The molecule has 0 aromatic rings. The molecule has 1 N–H and O–H groups in total. The number of likely N-dealkylation sites (tertiary alicyclic amines) is 1. The summed E-state index contributed by atoms with van der Waals surface area (Å²) >= 11 is 0. The van der Waals surface area contributed by atoms with Gasteiger partial charge in [-0.05, 0) is 58.7 Å². The molecule has 118 valence electrons. The van der Waals surface area contributed by atoms with Crippen LogP contribution in [-0.2, 0) is 0 Å². The Bertz CT molecular complexity index is 253. The molecule has 1 saturated heterocycles. The maximum Gasteiger partial charge on any atom is 0.193 e. The normalized spacial score (nSPS) is 16.2. The highest BCUT2D eigenvalue weighted by Crippen LogP contribution is 2.07. The van der Waals surface area contributed by atoms with Crippen LogP contribution in [0.2, 0.25) is 0 Å². The molecule has 1 aliphatic heterocycles. The van der Waals surface area contributed by atoms with E-state index < -0.39 is 0 Å². The van der Waals surface area contributed by atoms with Crippen LogP contribution in [0.15, 0.2) is 4.99 Å². The maximum atomic E-state index is 4.79. The molecule has 0 atom stereocenters. The van der Waals surface area contributed by atoms with Crippen LogP contribution in [0.4, 0.5) is 0 Å². The molecule has 1 rings (SSSR count). The van der Waals surface area contributed by atoms with E-state index in [1.54, 1.807) is 0 Å². The summed E-state index contributed by atoms with van der Waals surface area (Å²) in [6.07, 6.45) is 6.29. The molecular weight excluding hydrogens is 248 g/mol. The van der Waals surface area contributed by atoms with Gasteiger partial charge < -0.3 is 15.1 Å². The molecule has 0 saturated carbocycles. The minimum Gasteiger partial charge on any atom is -0.357 e. The number of aliphatic imine (C=N–C) groups is 1. The quantitative estimate of drug-likeness (QED) is 0.400. The summed E-state index contributed by atoms with van der Waals surface area (Å²) in [4.78, 5) is 9.76. The average molecular weight is 282 g/mol. The van der Waals surface area contributed by atoms with Gasteiger partial charge in [-0.25, -0.2) is 0 Å². The fourth-order valence-electron chi connectivity index (χ4n) is 2.80. The van der Waals surface area contributed by atoms with Crippen LogP contribution in [0, 0.1) is 0 Å². The highest BCUT2D eigenvalue weighted by molar-refractivity contribution is 5.80. The van der Waals surface area contributed by atoms with Gasteiger partial charge in [-0.3, -0.25) is 4.99 Å². The van der Waals surface area contributed by atoms with Gasteiger partial charge in [0.2, 0.25) is 0 Å². The minimum absolute atomic E-state index is 0.947. The summed E-state index contributed by atoms with van der Waals surface area (Å²) in [7, 11) is 0. The second-order valence-corrected chi connectivity index (χ2v) is 5.63. The number of hydrogen-bond acceptors (Lipinski definition) is 2. The molecular formula is C16H34N4. The summed E-state index contributed by atoms with van der Waals surface area (Å²) in [6, 6.07) is 0. The van der Waals surface area contributed by atoms with E-state index in [4.69, 9.17) is 4.99 Å². The molecule has 0 bridgehead atoms. The van der Waals surface area contributed by atoms with Crippen molar-refractivity contribution in [1.82, 2.24) is 15.1 Å². The lowest BCUT2D eigenvalue weighted by atomic mass is 10.3. The van der Waals surface area contributed by atoms with Crippen LogP contribution in [0.25, 0.3) is 0 Å². The van der Waals surface area contributed by atoms with Crippen molar-refractivity contribution in [1.29, 1.82) is 0 Å². The number of nitrogens with one attached hydrogen (secondary N) is 1. The monoisotopic (exact) mass is 282 g/mol. The third-order valence-electron chi connectivity index (χ3n) is 3.71. The standard InChI is InChI=1S/C16H34N4/c1-4-11-19(12-5-2)13-9-10-18-16(17-6-3)20-14-7-8-15-20/h4-15H2,1-3H3,(H,17,18). The van der Waals surface area contributed by atoms with Gasteiger partial charge >= 0.3 is 0 Å². The summed E-state index contributed by atoms with van der Waals surface area (Å²) in [5.41, 5.74) is 0. The predicted molar refractivity (Wildman–Crippen MR) is 88.4 cm³/mol. The molecule has 1 fully saturated rings. The van der Waals surface area contributed by atoms with E-state index in [0.29, 0.717) is 0 Å². The molecule has 0 aromatic heterocycles. The lowest BCUT2D eigenvalue weighted by Gasteiger charge is -2.22. The molecule has 20 heavy (non-hydrogen) atoms. The zero-order valence-corrected chi connectivity index (χ0v) is 13.8. The Morgan fingerprint density at radius 3 is 2.25 bits per heavy atom. The highest BCUT2D eigenvalue weighted by Gasteiger charge is 2.15. The summed E-state index contributed by atoms with van der Waals surface area (Å²) < 4.78 is 0. The largest absolute Gasteiger partial charge is 0.357 e. The fraction of sp³-hybridized carbons (Fsp3) is 0.938. The highest BCUT2D eigenvalue weighted by atomic mass is 15.3. The molecule has 1 aliphatic rings. The first-order valence-electron chi connectivity index (χ1n) is 8.57. The van der Waals surface area contributed by atoms with Crippen molar-refractivity contribution in [3.8, 4) is 0 Å². The molecule has 0 aromatic carbocycles. The second kappa shape index (κ2) is 11.0. The van der Waals surface area contributed by atoms with Crippen molar-refractivity contribution in [3.05, 3.63) is 0 Å². The molecule has 4 heteroatoms. The SMILES string of the molecule is CCCN(CCC)CCCN=C(NCC)N1CCCC1. The van der Waals surface area contributed by atoms with Crippen LogP contribution in [0.1, 0.15) is 52.9 Å². The number of hydrogen-bond donors (Lipinski definition) is 1.